The molecule has 0 saturated heterocycles. The SMILES string of the molecule is COC(=O)C1=C(C)Nc2nc(SCC(C)C)[nH]c(=O)c2C1c1ccncc1. The Labute approximate surface area is 161 Å². The van der Waals surface area contributed by atoms with E-state index in [1.807, 2.05) is 0 Å². The number of thioether (sulfide) groups is 1. The summed E-state index contributed by atoms with van der Waals surface area (Å²) in [5, 5.41) is 3.67. The zero-order valence-corrected chi connectivity index (χ0v) is 16.5. The molecule has 1 aliphatic heterocycles. The predicted octanol–water partition coefficient (Wildman–Crippen LogP) is 2.92. The van der Waals surface area contributed by atoms with E-state index in [2.05, 4.69) is 34.1 Å². The Morgan fingerprint density at radius 3 is 2.67 bits per heavy atom. The molecule has 0 amide bonds. The lowest BCUT2D eigenvalue weighted by Crippen LogP contribution is -2.31. The number of carbonyl (C=O) groups is 1. The van der Waals surface area contributed by atoms with Crippen LogP contribution in [0.3, 0.4) is 0 Å². The van der Waals surface area contributed by atoms with Gasteiger partial charge in [0.2, 0.25) is 0 Å². The molecule has 3 heterocycles. The van der Waals surface area contributed by atoms with E-state index in [1.54, 1.807) is 31.5 Å². The van der Waals surface area contributed by atoms with Crippen molar-refractivity contribution in [3.63, 3.8) is 0 Å². The highest BCUT2D eigenvalue weighted by Gasteiger charge is 2.36. The second kappa shape index (κ2) is 7.96. The first-order chi connectivity index (χ1) is 12.9. The molecule has 8 heteroatoms. The van der Waals surface area contributed by atoms with Crippen molar-refractivity contribution in [1.29, 1.82) is 0 Å². The molecule has 0 spiro atoms. The van der Waals surface area contributed by atoms with Crippen LogP contribution in [-0.2, 0) is 9.53 Å². The number of anilines is 1. The van der Waals surface area contributed by atoms with E-state index in [0.29, 0.717) is 33.7 Å². The van der Waals surface area contributed by atoms with Gasteiger partial charge in [-0.05, 0) is 30.5 Å². The number of rotatable bonds is 5. The Morgan fingerprint density at radius 2 is 2.04 bits per heavy atom. The number of H-pyrrole nitrogens is 1. The van der Waals surface area contributed by atoms with Crippen LogP contribution in [-0.4, -0.2) is 33.8 Å². The van der Waals surface area contributed by atoms with Crippen LogP contribution in [0.1, 0.15) is 37.8 Å². The van der Waals surface area contributed by atoms with Gasteiger partial charge in [-0.1, -0.05) is 25.6 Å². The number of nitrogens with one attached hydrogen (secondary N) is 2. The van der Waals surface area contributed by atoms with Crippen molar-refractivity contribution in [2.45, 2.75) is 31.8 Å². The fourth-order valence-corrected chi connectivity index (χ4v) is 3.83. The van der Waals surface area contributed by atoms with Gasteiger partial charge >= 0.3 is 5.97 Å². The normalized spacial score (nSPS) is 16.1. The van der Waals surface area contributed by atoms with Crippen LogP contribution in [0, 0.1) is 5.92 Å². The van der Waals surface area contributed by atoms with Gasteiger partial charge < -0.3 is 15.0 Å². The molecular formula is C19H22N4O3S. The summed E-state index contributed by atoms with van der Waals surface area (Å²) >= 11 is 1.50. The van der Waals surface area contributed by atoms with Gasteiger partial charge in [0.05, 0.1) is 24.2 Å². The van der Waals surface area contributed by atoms with Gasteiger partial charge in [-0.2, -0.15) is 0 Å². The third-order valence-corrected chi connectivity index (χ3v) is 5.52. The van der Waals surface area contributed by atoms with Crippen LogP contribution in [0.5, 0.6) is 0 Å². The number of carbonyl (C=O) groups excluding carboxylic acids is 1. The van der Waals surface area contributed by atoms with Gasteiger partial charge in [-0.3, -0.25) is 9.78 Å². The Morgan fingerprint density at radius 1 is 1.33 bits per heavy atom. The van der Waals surface area contributed by atoms with Crippen molar-refractivity contribution >= 4 is 23.5 Å². The second-order valence-corrected chi connectivity index (χ2v) is 7.72. The maximum atomic E-state index is 12.9. The van der Waals surface area contributed by atoms with Crippen LogP contribution in [0.2, 0.25) is 0 Å². The Kier molecular flexibility index (Phi) is 5.65. The Bertz CT molecular complexity index is 938. The predicted molar refractivity (Wildman–Crippen MR) is 105 cm³/mol. The zero-order valence-electron chi connectivity index (χ0n) is 15.7. The maximum absolute atomic E-state index is 12.9. The van der Waals surface area contributed by atoms with Gasteiger partial charge in [-0.25, -0.2) is 9.78 Å². The number of ether oxygens (including phenoxy) is 1. The number of esters is 1. The van der Waals surface area contributed by atoms with E-state index in [1.165, 1.54) is 18.9 Å². The lowest BCUT2D eigenvalue weighted by Gasteiger charge is -2.28. The summed E-state index contributed by atoms with van der Waals surface area (Å²) in [6, 6.07) is 3.58. The minimum absolute atomic E-state index is 0.269. The molecule has 27 heavy (non-hydrogen) atoms. The number of aromatic nitrogens is 3. The summed E-state index contributed by atoms with van der Waals surface area (Å²) in [4.78, 5) is 36.9. The largest absolute Gasteiger partial charge is 0.466 e. The first-order valence-corrected chi connectivity index (χ1v) is 9.64. The molecule has 1 aliphatic rings. The smallest absolute Gasteiger partial charge is 0.336 e. The molecule has 0 saturated carbocycles. The quantitative estimate of drug-likeness (QED) is 0.463. The highest BCUT2D eigenvalue weighted by Crippen LogP contribution is 2.39. The molecule has 2 aromatic rings. The number of methoxy groups -OCH3 is 1. The summed E-state index contributed by atoms with van der Waals surface area (Å²) in [6.45, 7) is 6.00. The molecule has 0 aromatic carbocycles. The highest BCUT2D eigenvalue weighted by atomic mass is 32.2. The standard InChI is InChI=1S/C19H22N4O3S/c1-10(2)9-27-19-22-16-15(17(24)23-19)14(12-5-7-20-8-6-12)13(11(3)21-16)18(25)26-4/h5-8,10,14H,9H2,1-4H3,(H2,21,22,23,24). The summed E-state index contributed by atoms with van der Waals surface area (Å²) < 4.78 is 4.97. The van der Waals surface area contributed by atoms with Gasteiger partial charge in [-0.15, -0.1) is 0 Å². The average molecular weight is 386 g/mol. The molecule has 2 N–H and O–H groups in total. The minimum Gasteiger partial charge on any atom is -0.466 e. The number of hydrogen-bond acceptors (Lipinski definition) is 7. The van der Waals surface area contributed by atoms with Gasteiger partial charge in [0.25, 0.3) is 5.56 Å². The zero-order chi connectivity index (χ0) is 19.6. The van der Waals surface area contributed by atoms with Crippen molar-refractivity contribution in [2.24, 2.45) is 5.92 Å². The molecule has 0 radical (unpaired) electrons. The number of nitrogens with zero attached hydrogens (tertiary/aromatic N) is 2. The fraction of sp³-hybridized carbons (Fsp3) is 0.368. The van der Waals surface area contributed by atoms with Crippen LogP contribution in [0.25, 0.3) is 0 Å². The van der Waals surface area contributed by atoms with E-state index in [0.717, 1.165) is 11.3 Å². The minimum atomic E-state index is -0.572. The highest BCUT2D eigenvalue weighted by molar-refractivity contribution is 7.99. The molecule has 3 rings (SSSR count). The average Bonchev–Trinajstić information content (AvgIpc) is 2.65. The van der Waals surface area contributed by atoms with Gasteiger partial charge in [0.15, 0.2) is 5.16 Å². The number of pyridine rings is 1. The Hall–Kier alpha value is -2.61. The van der Waals surface area contributed by atoms with E-state index in [-0.39, 0.29) is 5.56 Å². The van der Waals surface area contributed by atoms with Crippen molar-refractivity contribution < 1.29 is 9.53 Å². The van der Waals surface area contributed by atoms with Crippen molar-refractivity contribution in [2.75, 3.05) is 18.2 Å². The third-order valence-electron chi connectivity index (χ3n) is 4.22. The monoisotopic (exact) mass is 386 g/mol. The molecule has 1 unspecified atom stereocenters. The molecule has 0 bridgehead atoms. The molecule has 0 fully saturated rings. The van der Waals surface area contributed by atoms with E-state index >= 15 is 0 Å². The molecule has 0 aliphatic carbocycles. The first kappa shape index (κ1) is 19.2. The topological polar surface area (TPSA) is 97.0 Å². The fourth-order valence-electron chi connectivity index (χ4n) is 3.01. The molecule has 142 valence electrons. The number of fused-ring (bicyclic) bond motifs is 1. The lowest BCUT2D eigenvalue weighted by molar-refractivity contribution is -0.136. The molecular weight excluding hydrogens is 364 g/mol. The van der Waals surface area contributed by atoms with E-state index in [9.17, 15) is 9.59 Å². The Balaban J connectivity index is 2.15. The number of hydrogen-bond donors (Lipinski definition) is 2. The van der Waals surface area contributed by atoms with Crippen molar-refractivity contribution in [3.8, 4) is 0 Å². The van der Waals surface area contributed by atoms with Crippen molar-refractivity contribution in [1.82, 2.24) is 15.0 Å². The van der Waals surface area contributed by atoms with Gasteiger partial charge in [0, 0.05) is 23.8 Å². The van der Waals surface area contributed by atoms with Gasteiger partial charge in [0.1, 0.15) is 5.82 Å². The third kappa shape index (κ3) is 3.90. The van der Waals surface area contributed by atoms with E-state index in [4.69, 9.17) is 4.74 Å². The number of allylic oxidation sites excluding steroid dienone is 1. The lowest BCUT2D eigenvalue weighted by atomic mass is 9.83. The summed E-state index contributed by atoms with van der Waals surface area (Å²) in [5.74, 6) is 0.734. The van der Waals surface area contributed by atoms with Crippen LogP contribution < -0.4 is 10.9 Å². The summed E-state index contributed by atoms with van der Waals surface area (Å²) in [6.07, 6.45) is 3.27. The molecule has 7 nitrogen and oxygen atoms in total. The summed E-state index contributed by atoms with van der Waals surface area (Å²) in [5.41, 5.74) is 1.93. The second-order valence-electron chi connectivity index (χ2n) is 6.71. The molecule has 2 aromatic heterocycles. The van der Waals surface area contributed by atoms with Crippen LogP contribution >= 0.6 is 11.8 Å². The molecule has 1 atom stereocenters. The van der Waals surface area contributed by atoms with Crippen LogP contribution in [0.4, 0.5) is 5.82 Å². The summed E-state index contributed by atoms with van der Waals surface area (Å²) in [7, 11) is 1.33. The van der Waals surface area contributed by atoms with Crippen LogP contribution in [0.15, 0.2) is 45.7 Å². The number of aromatic amines is 1. The van der Waals surface area contributed by atoms with E-state index < -0.39 is 11.9 Å². The van der Waals surface area contributed by atoms with Crippen molar-refractivity contribution in [3.05, 3.63) is 57.3 Å². The first-order valence-electron chi connectivity index (χ1n) is 8.65. The maximum Gasteiger partial charge on any atom is 0.336 e.